The van der Waals surface area contributed by atoms with Crippen molar-refractivity contribution in [2.45, 2.75) is 32.2 Å². The first kappa shape index (κ1) is 13.3. The van der Waals surface area contributed by atoms with Gasteiger partial charge in [0.25, 0.3) is 0 Å². The second-order valence-electron chi connectivity index (χ2n) is 6.27. The van der Waals surface area contributed by atoms with Crippen LogP contribution in [0.25, 0.3) is 0 Å². The lowest BCUT2D eigenvalue weighted by Gasteiger charge is -2.38. The van der Waals surface area contributed by atoms with Crippen LogP contribution < -0.4 is 10.2 Å². The predicted molar refractivity (Wildman–Crippen MR) is 82.0 cm³/mol. The molecule has 2 nitrogen and oxygen atoms in total. The van der Waals surface area contributed by atoms with Gasteiger partial charge < -0.3 is 10.2 Å². The maximum Gasteiger partial charge on any atom is 0.0426 e. The number of anilines is 1. The highest BCUT2D eigenvalue weighted by Gasteiger charge is 2.27. The fourth-order valence-electron chi connectivity index (χ4n) is 3.04. The van der Waals surface area contributed by atoms with Gasteiger partial charge in [0.2, 0.25) is 0 Å². The highest BCUT2D eigenvalue weighted by Crippen LogP contribution is 2.29. The summed E-state index contributed by atoms with van der Waals surface area (Å²) in [6.07, 6.45) is 4.14. The topological polar surface area (TPSA) is 15.3 Å². The first-order valence-electron chi connectivity index (χ1n) is 7.44. The van der Waals surface area contributed by atoms with E-state index in [4.69, 9.17) is 11.6 Å². The summed E-state index contributed by atoms with van der Waals surface area (Å²) in [6, 6.07) is 8.87. The Morgan fingerprint density at radius 1 is 1.32 bits per heavy atom. The molecule has 2 aliphatic rings. The van der Waals surface area contributed by atoms with Crippen molar-refractivity contribution >= 4 is 17.3 Å². The molecule has 0 bridgehead atoms. The minimum atomic E-state index is 0.628. The van der Waals surface area contributed by atoms with E-state index in [0.717, 1.165) is 29.9 Å². The molecule has 1 aromatic carbocycles. The van der Waals surface area contributed by atoms with Gasteiger partial charge in [-0.2, -0.15) is 0 Å². The third kappa shape index (κ3) is 3.64. The summed E-state index contributed by atoms with van der Waals surface area (Å²) in [5.74, 6) is 1.70. The van der Waals surface area contributed by atoms with Crippen LogP contribution in [0.2, 0.25) is 5.02 Å². The minimum Gasteiger partial charge on any atom is -0.370 e. The van der Waals surface area contributed by atoms with Gasteiger partial charge in [-0.15, -0.1) is 0 Å². The van der Waals surface area contributed by atoms with Gasteiger partial charge in [0, 0.05) is 29.8 Å². The average molecular weight is 279 g/mol. The molecule has 0 amide bonds. The van der Waals surface area contributed by atoms with Crippen molar-refractivity contribution in [3.05, 3.63) is 29.3 Å². The third-order valence-corrected chi connectivity index (χ3v) is 4.46. The highest BCUT2D eigenvalue weighted by atomic mass is 35.5. The van der Waals surface area contributed by atoms with Crippen molar-refractivity contribution < 1.29 is 0 Å². The SMILES string of the molecule is CC1CC(NCC2CC2)CN(c2cccc(Cl)c2)C1. The fraction of sp³-hybridized carbons (Fsp3) is 0.625. The molecule has 0 aromatic heterocycles. The molecule has 2 fully saturated rings. The number of nitrogens with one attached hydrogen (secondary N) is 1. The molecule has 0 spiro atoms. The largest absolute Gasteiger partial charge is 0.370 e. The number of nitrogens with zero attached hydrogens (tertiary/aromatic N) is 1. The fourth-order valence-corrected chi connectivity index (χ4v) is 3.22. The molecule has 3 heteroatoms. The zero-order valence-corrected chi connectivity index (χ0v) is 12.4. The maximum atomic E-state index is 6.11. The van der Waals surface area contributed by atoms with Crippen molar-refractivity contribution in [2.75, 3.05) is 24.5 Å². The first-order valence-corrected chi connectivity index (χ1v) is 7.82. The third-order valence-electron chi connectivity index (χ3n) is 4.23. The molecule has 1 saturated carbocycles. The van der Waals surface area contributed by atoms with Crippen LogP contribution in [-0.4, -0.2) is 25.7 Å². The van der Waals surface area contributed by atoms with Crippen molar-refractivity contribution in [1.82, 2.24) is 5.32 Å². The molecule has 1 saturated heterocycles. The summed E-state index contributed by atoms with van der Waals surface area (Å²) in [7, 11) is 0. The van der Waals surface area contributed by atoms with Crippen molar-refractivity contribution in [1.29, 1.82) is 0 Å². The summed E-state index contributed by atoms with van der Waals surface area (Å²) in [6.45, 7) is 5.81. The Hall–Kier alpha value is -0.730. The summed E-state index contributed by atoms with van der Waals surface area (Å²) in [5, 5.41) is 4.59. The zero-order chi connectivity index (χ0) is 13.2. The molecule has 2 atom stereocenters. The molecule has 104 valence electrons. The Labute approximate surface area is 121 Å². The van der Waals surface area contributed by atoms with E-state index in [2.05, 4.69) is 29.3 Å². The number of rotatable bonds is 4. The van der Waals surface area contributed by atoms with Crippen LogP contribution in [0.1, 0.15) is 26.2 Å². The van der Waals surface area contributed by atoms with Crippen LogP contribution in [0.15, 0.2) is 24.3 Å². The van der Waals surface area contributed by atoms with Crippen LogP contribution in [0.5, 0.6) is 0 Å². The quantitative estimate of drug-likeness (QED) is 0.906. The summed E-state index contributed by atoms with van der Waals surface area (Å²) in [5.41, 5.74) is 1.26. The monoisotopic (exact) mass is 278 g/mol. The first-order chi connectivity index (χ1) is 9.20. The molecule has 1 aromatic rings. The molecule has 19 heavy (non-hydrogen) atoms. The highest BCUT2D eigenvalue weighted by molar-refractivity contribution is 6.30. The molecule has 3 rings (SSSR count). The molecular weight excluding hydrogens is 256 g/mol. The molecule has 2 unspecified atom stereocenters. The number of halogens is 1. The summed E-state index contributed by atoms with van der Waals surface area (Å²) in [4.78, 5) is 2.48. The van der Waals surface area contributed by atoms with Gasteiger partial charge >= 0.3 is 0 Å². The second kappa shape index (κ2) is 5.72. The Morgan fingerprint density at radius 2 is 2.16 bits per heavy atom. The molecule has 1 aliphatic heterocycles. The standard InChI is InChI=1S/C16H23ClN2/c1-12-7-15(18-9-13-5-6-13)11-19(10-12)16-4-2-3-14(17)8-16/h2-4,8,12-13,15,18H,5-7,9-11H2,1H3. The van der Waals surface area contributed by atoms with Gasteiger partial charge in [0.1, 0.15) is 0 Å². The van der Waals surface area contributed by atoms with Gasteiger partial charge in [-0.05, 0) is 55.8 Å². The van der Waals surface area contributed by atoms with E-state index in [1.54, 1.807) is 0 Å². The second-order valence-corrected chi connectivity index (χ2v) is 6.71. The Balaban J connectivity index is 1.63. The van der Waals surface area contributed by atoms with E-state index < -0.39 is 0 Å². The maximum absolute atomic E-state index is 6.11. The smallest absolute Gasteiger partial charge is 0.0426 e. The molecular formula is C16H23ClN2. The summed E-state index contributed by atoms with van der Waals surface area (Å²) < 4.78 is 0. The minimum absolute atomic E-state index is 0.628. The van der Waals surface area contributed by atoms with Gasteiger partial charge in [0.15, 0.2) is 0 Å². The molecule has 1 heterocycles. The van der Waals surface area contributed by atoms with Crippen LogP contribution >= 0.6 is 11.6 Å². The van der Waals surface area contributed by atoms with Crippen LogP contribution in [0.3, 0.4) is 0 Å². The van der Waals surface area contributed by atoms with E-state index in [0.29, 0.717) is 6.04 Å². The van der Waals surface area contributed by atoms with Gasteiger partial charge in [-0.1, -0.05) is 24.6 Å². The lowest BCUT2D eigenvalue weighted by Crippen LogP contribution is -2.49. The van der Waals surface area contributed by atoms with E-state index >= 15 is 0 Å². The van der Waals surface area contributed by atoms with E-state index in [-0.39, 0.29) is 0 Å². The van der Waals surface area contributed by atoms with Crippen molar-refractivity contribution in [3.63, 3.8) is 0 Å². The van der Waals surface area contributed by atoms with Crippen LogP contribution in [0.4, 0.5) is 5.69 Å². The molecule has 1 N–H and O–H groups in total. The van der Waals surface area contributed by atoms with Crippen molar-refractivity contribution in [2.24, 2.45) is 11.8 Å². The lowest BCUT2D eigenvalue weighted by molar-refractivity contribution is 0.348. The van der Waals surface area contributed by atoms with E-state index in [1.807, 2.05) is 12.1 Å². The van der Waals surface area contributed by atoms with Crippen LogP contribution in [0, 0.1) is 11.8 Å². The van der Waals surface area contributed by atoms with Gasteiger partial charge in [0.05, 0.1) is 0 Å². The average Bonchev–Trinajstić information content (AvgIpc) is 3.20. The number of hydrogen-bond donors (Lipinski definition) is 1. The number of hydrogen-bond acceptors (Lipinski definition) is 2. The van der Waals surface area contributed by atoms with Gasteiger partial charge in [-0.3, -0.25) is 0 Å². The number of piperidine rings is 1. The Bertz CT molecular complexity index is 431. The van der Waals surface area contributed by atoms with Crippen LogP contribution in [-0.2, 0) is 0 Å². The molecule has 1 aliphatic carbocycles. The normalized spacial score (nSPS) is 27.6. The van der Waals surface area contributed by atoms with E-state index in [1.165, 1.54) is 31.5 Å². The molecule has 0 radical (unpaired) electrons. The zero-order valence-electron chi connectivity index (χ0n) is 11.6. The van der Waals surface area contributed by atoms with E-state index in [9.17, 15) is 0 Å². The summed E-state index contributed by atoms with van der Waals surface area (Å²) >= 11 is 6.11. The predicted octanol–water partition coefficient (Wildman–Crippen LogP) is 3.55. The number of benzene rings is 1. The van der Waals surface area contributed by atoms with Gasteiger partial charge in [-0.25, -0.2) is 0 Å². The Kier molecular flexibility index (Phi) is 3.99. The lowest BCUT2D eigenvalue weighted by atomic mass is 9.95. The van der Waals surface area contributed by atoms with Crippen molar-refractivity contribution in [3.8, 4) is 0 Å². The Morgan fingerprint density at radius 3 is 2.89 bits per heavy atom.